The van der Waals surface area contributed by atoms with E-state index in [0.717, 1.165) is 43.4 Å². The lowest BCUT2D eigenvalue weighted by Crippen LogP contribution is -2.44. The molecule has 0 bridgehead atoms. The number of aromatic nitrogens is 1. The summed E-state index contributed by atoms with van der Waals surface area (Å²) >= 11 is 0. The predicted octanol–water partition coefficient (Wildman–Crippen LogP) is 3.57. The Kier molecular flexibility index (Phi) is 9.72. The second kappa shape index (κ2) is 10.1. The van der Waals surface area contributed by atoms with E-state index in [0.29, 0.717) is 0 Å². The van der Waals surface area contributed by atoms with E-state index < -0.39 is 0 Å². The molecule has 0 aliphatic carbocycles. The largest absolute Gasteiger partial charge is 0.439 e. The van der Waals surface area contributed by atoms with E-state index in [4.69, 9.17) is 4.42 Å². The predicted molar refractivity (Wildman–Crippen MR) is 96.5 cm³/mol. The lowest BCUT2D eigenvalue weighted by molar-refractivity contribution is 0.163. The molecule has 7 heteroatoms. The van der Waals surface area contributed by atoms with Gasteiger partial charge in [-0.15, -0.1) is 37.2 Å². The van der Waals surface area contributed by atoms with Crippen LogP contribution >= 0.6 is 37.2 Å². The van der Waals surface area contributed by atoms with Crippen LogP contribution < -0.4 is 5.32 Å². The summed E-state index contributed by atoms with van der Waals surface area (Å²) in [7, 11) is 0. The first-order valence-electron chi connectivity index (χ1n) is 6.80. The topological polar surface area (TPSA) is 41.3 Å². The van der Waals surface area contributed by atoms with E-state index in [-0.39, 0.29) is 43.3 Å². The second-order valence-electron chi connectivity index (χ2n) is 4.89. The molecule has 2 aromatic rings. The van der Waals surface area contributed by atoms with Crippen LogP contribution in [0.15, 0.2) is 40.9 Å². The van der Waals surface area contributed by atoms with Crippen LogP contribution in [0.1, 0.15) is 18.9 Å². The van der Waals surface area contributed by atoms with E-state index in [1.807, 2.05) is 36.5 Å². The zero-order valence-corrected chi connectivity index (χ0v) is 14.8. The quantitative estimate of drug-likeness (QED) is 0.901. The Balaban J connectivity index is 0.00000147. The van der Waals surface area contributed by atoms with Crippen LogP contribution in [0.3, 0.4) is 0 Å². The van der Waals surface area contributed by atoms with Crippen molar-refractivity contribution in [3.8, 4) is 11.3 Å². The van der Waals surface area contributed by atoms with Gasteiger partial charge in [0.2, 0.25) is 5.89 Å². The highest BCUT2D eigenvalue weighted by Gasteiger charge is 2.22. The molecule has 1 atom stereocenters. The Morgan fingerprint density at radius 3 is 2.36 bits per heavy atom. The number of hydrogen-bond acceptors (Lipinski definition) is 4. The maximum atomic E-state index is 5.91. The zero-order chi connectivity index (χ0) is 13.1. The van der Waals surface area contributed by atoms with Crippen molar-refractivity contribution in [2.45, 2.75) is 13.0 Å². The maximum Gasteiger partial charge on any atom is 0.211 e. The normalized spacial score (nSPS) is 15.9. The molecule has 0 amide bonds. The van der Waals surface area contributed by atoms with Crippen molar-refractivity contribution in [3.63, 3.8) is 0 Å². The molecule has 1 saturated heterocycles. The molecule has 1 aromatic carbocycles. The van der Waals surface area contributed by atoms with Crippen LogP contribution in [0.5, 0.6) is 0 Å². The van der Waals surface area contributed by atoms with Crippen molar-refractivity contribution >= 4 is 37.2 Å². The summed E-state index contributed by atoms with van der Waals surface area (Å²) in [6, 6.07) is 10.3. The zero-order valence-electron chi connectivity index (χ0n) is 12.4. The van der Waals surface area contributed by atoms with Crippen molar-refractivity contribution < 1.29 is 4.42 Å². The monoisotopic (exact) mass is 365 g/mol. The summed E-state index contributed by atoms with van der Waals surface area (Å²) in [5, 5.41) is 3.36. The molecule has 3 rings (SSSR count). The number of halogens is 3. The highest BCUT2D eigenvalue weighted by atomic mass is 35.5. The van der Waals surface area contributed by atoms with Gasteiger partial charge in [0.1, 0.15) is 0 Å². The third kappa shape index (κ3) is 4.86. The lowest BCUT2D eigenvalue weighted by atomic mass is 10.2. The number of nitrogens with zero attached hydrogens (tertiary/aromatic N) is 2. The van der Waals surface area contributed by atoms with Crippen molar-refractivity contribution in [2.75, 3.05) is 26.2 Å². The van der Waals surface area contributed by atoms with Gasteiger partial charge in [0.25, 0.3) is 0 Å². The van der Waals surface area contributed by atoms with E-state index >= 15 is 0 Å². The van der Waals surface area contributed by atoms with E-state index in [2.05, 4.69) is 22.1 Å². The molecule has 0 radical (unpaired) electrons. The lowest BCUT2D eigenvalue weighted by Gasteiger charge is -2.30. The number of oxazole rings is 1. The van der Waals surface area contributed by atoms with E-state index in [9.17, 15) is 0 Å². The van der Waals surface area contributed by atoms with Gasteiger partial charge >= 0.3 is 0 Å². The van der Waals surface area contributed by atoms with Crippen LogP contribution in [0.25, 0.3) is 11.3 Å². The van der Waals surface area contributed by atoms with Crippen LogP contribution in [0, 0.1) is 0 Å². The Hall–Kier alpha value is -0.780. The minimum Gasteiger partial charge on any atom is -0.439 e. The van der Waals surface area contributed by atoms with Gasteiger partial charge in [-0.25, -0.2) is 4.98 Å². The molecular formula is C15H22Cl3N3O. The van der Waals surface area contributed by atoms with Crippen LogP contribution in [-0.4, -0.2) is 36.1 Å². The highest BCUT2D eigenvalue weighted by molar-refractivity contribution is 5.86. The maximum absolute atomic E-state index is 5.91. The molecule has 0 saturated carbocycles. The summed E-state index contributed by atoms with van der Waals surface area (Å²) in [4.78, 5) is 6.84. The summed E-state index contributed by atoms with van der Waals surface area (Å²) < 4.78 is 5.91. The Bertz CT molecular complexity index is 530. The number of nitrogens with one attached hydrogen (secondary N) is 1. The molecule has 22 heavy (non-hydrogen) atoms. The smallest absolute Gasteiger partial charge is 0.211 e. The van der Waals surface area contributed by atoms with Gasteiger partial charge in [-0.2, -0.15) is 0 Å². The molecule has 1 fully saturated rings. The van der Waals surface area contributed by atoms with Crippen LogP contribution in [0.2, 0.25) is 0 Å². The summed E-state index contributed by atoms with van der Waals surface area (Å²) in [6.45, 7) is 6.33. The third-order valence-corrected chi connectivity index (χ3v) is 3.64. The van der Waals surface area contributed by atoms with Gasteiger partial charge in [-0.1, -0.05) is 30.3 Å². The minimum atomic E-state index is 0. The first-order valence-corrected chi connectivity index (χ1v) is 6.80. The molecule has 4 nitrogen and oxygen atoms in total. The SMILES string of the molecule is CC(c1ncc(-c2ccccc2)o1)N1CCNCC1.Cl.Cl.Cl. The van der Waals surface area contributed by atoms with E-state index in [1.165, 1.54) is 0 Å². The van der Waals surface area contributed by atoms with Crippen LogP contribution in [-0.2, 0) is 0 Å². The highest BCUT2D eigenvalue weighted by Crippen LogP contribution is 2.25. The molecule has 1 unspecified atom stereocenters. The molecule has 0 spiro atoms. The average Bonchev–Trinajstić information content (AvgIpc) is 2.98. The molecule has 1 aliphatic heterocycles. The van der Waals surface area contributed by atoms with Crippen molar-refractivity contribution in [1.82, 2.24) is 15.2 Å². The Labute approximate surface area is 149 Å². The van der Waals surface area contributed by atoms with Gasteiger partial charge in [-0.3, -0.25) is 4.90 Å². The molecule has 1 aliphatic rings. The fourth-order valence-corrected chi connectivity index (χ4v) is 2.44. The number of rotatable bonds is 3. The number of benzene rings is 1. The average molecular weight is 367 g/mol. The molecular weight excluding hydrogens is 345 g/mol. The van der Waals surface area contributed by atoms with Gasteiger partial charge in [0.05, 0.1) is 12.2 Å². The van der Waals surface area contributed by atoms with Crippen molar-refractivity contribution in [3.05, 3.63) is 42.4 Å². The third-order valence-electron chi connectivity index (χ3n) is 3.64. The summed E-state index contributed by atoms with van der Waals surface area (Å²) in [5.41, 5.74) is 1.08. The van der Waals surface area contributed by atoms with Gasteiger partial charge in [-0.05, 0) is 6.92 Å². The van der Waals surface area contributed by atoms with Crippen molar-refractivity contribution in [1.29, 1.82) is 0 Å². The molecule has 1 N–H and O–H groups in total. The molecule has 1 aromatic heterocycles. The summed E-state index contributed by atoms with van der Waals surface area (Å²) in [5.74, 6) is 1.65. The standard InChI is InChI=1S/C15H19N3O.3ClH/c1-12(18-9-7-16-8-10-18)15-17-11-14(19-15)13-5-3-2-4-6-13;;;/h2-6,11-12,16H,7-10H2,1H3;3*1H. The van der Waals surface area contributed by atoms with Crippen LogP contribution in [0.4, 0.5) is 0 Å². The number of piperazine rings is 1. The summed E-state index contributed by atoms with van der Waals surface area (Å²) in [6.07, 6.45) is 1.82. The fraction of sp³-hybridized carbons (Fsp3) is 0.400. The molecule has 2 heterocycles. The molecule has 124 valence electrons. The second-order valence-corrected chi connectivity index (χ2v) is 4.89. The van der Waals surface area contributed by atoms with Gasteiger partial charge in [0, 0.05) is 31.7 Å². The van der Waals surface area contributed by atoms with Crippen molar-refractivity contribution in [2.24, 2.45) is 0 Å². The van der Waals surface area contributed by atoms with Gasteiger partial charge in [0.15, 0.2) is 5.76 Å². The Morgan fingerprint density at radius 1 is 1.09 bits per heavy atom. The Morgan fingerprint density at radius 2 is 1.73 bits per heavy atom. The first-order chi connectivity index (χ1) is 9.34. The minimum absolute atomic E-state index is 0. The first kappa shape index (κ1) is 21.2. The fourth-order valence-electron chi connectivity index (χ4n) is 2.44. The van der Waals surface area contributed by atoms with Gasteiger partial charge < -0.3 is 9.73 Å². The van der Waals surface area contributed by atoms with E-state index in [1.54, 1.807) is 0 Å². The number of hydrogen-bond donors (Lipinski definition) is 1.